The second kappa shape index (κ2) is 4.80. The predicted octanol–water partition coefficient (Wildman–Crippen LogP) is 1.36. The molecule has 0 spiro atoms. The van der Waals surface area contributed by atoms with Gasteiger partial charge in [-0.15, -0.1) is 0 Å². The van der Waals surface area contributed by atoms with Gasteiger partial charge in [-0.1, -0.05) is 11.3 Å². The second-order valence-corrected chi connectivity index (χ2v) is 6.16. The molecular weight excluding hydrogens is 266 g/mol. The number of amides is 1. The Bertz CT molecular complexity index is 518. The zero-order valence-electron chi connectivity index (χ0n) is 11.0. The Morgan fingerprint density at radius 1 is 1.42 bits per heavy atom. The molecule has 2 heterocycles. The van der Waals surface area contributed by atoms with Crippen LogP contribution in [0.1, 0.15) is 35.1 Å². The third-order valence-corrected chi connectivity index (χ3v) is 4.65. The summed E-state index contributed by atoms with van der Waals surface area (Å²) in [5.74, 6) is -0.892. The minimum Gasteiger partial charge on any atom is -0.481 e. The highest BCUT2D eigenvalue weighted by Crippen LogP contribution is 2.32. The predicted molar refractivity (Wildman–Crippen MR) is 72.1 cm³/mol. The number of nitrogens with zero attached hydrogens (tertiary/aromatic N) is 2. The van der Waals surface area contributed by atoms with Gasteiger partial charge in [0.25, 0.3) is 5.91 Å². The first-order valence-electron chi connectivity index (χ1n) is 6.09. The molecule has 0 aromatic carbocycles. The lowest BCUT2D eigenvalue weighted by Gasteiger charge is -2.36. The van der Waals surface area contributed by atoms with Crippen molar-refractivity contribution in [2.24, 2.45) is 5.41 Å². The van der Waals surface area contributed by atoms with Crippen molar-refractivity contribution in [3.05, 3.63) is 10.6 Å². The number of nitrogen functional groups attached to an aromatic ring is 1. The first kappa shape index (κ1) is 13.8. The number of carbonyl (C=O) groups is 2. The molecule has 2 rings (SSSR count). The van der Waals surface area contributed by atoms with Gasteiger partial charge in [-0.05, 0) is 26.7 Å². The molecule has 1 aliphatic heterocycles. The van der Waals surface area contributed by atoms with E-state index in [0.717, 1.165) is 0 Å². The number of hydrogen-bond acceptors (Lipinski definition) is 5. The maximum Gasteiger partial charge on any atom is 0.309 e. The molecule has 7 heteroatoms. The average molecular weight is 283 g/mol. The number of aromatic nitrogens is 1. The van der Waals surface area contributed by atoms with Crippen LogP contribution < -0.4 is 5.73 Å². The first-order chi connectivity index (χ1) is 8.83. The molecule has 1 fully saturated rings. The van der Waals surface area contributed by atoms with Gasteiger partial charge in [-0.3, -0.25) is 9.59 Å². The van der Waals surface area contributed by atoms with E-state index in [0.29, 0.717) is 41.6 Å². The Kier molecular flexibility index (Phi) is 3.49. The highest BCUT2D eigenvalue weighted by Gasteiger charge is 2.38. The number of likely N-dealkylation sites (tertiary alicyclic amines) is 1. The standard InChI is InChI=1S/C12H17N3O3S/c1-7-8(19-11(13)14-7)9(16)15-5-3-12(2,4-6-15)10(17)18/h3-6H2,1-2H3,(H2,13,14)(H,17,18). The highest BCUT2D eigenvalue weighted by molar-refractivity contribution is 7.17. The molecular formula is C12H17N3O3S. The number of thiazole rings is 1. The van der Waals surface area contributed by atoms with Crippen LogP contribution in [0, 0.1) is 12.3 Å². The van der Waals surface area contributed by atoms with Crippen molar-refractivity contribution >= 4 is 28.3 Å². The number of aliphatic carboxylic acids is 1. The van der Waals surface area contributed by atoms with Gasteiger partial charge < -0.3 is 15.7 Å². The molecule has 1 aromatic rings. The van der Waals surface area contributed by atoms with Crippen molar-refractivity contribution < 1.29 is 14.7 Å². The summed E-state index contributed by atoms with van der Waals surface area (Å²) in [4.78, 5) is 29.7. The minimum atomic E-state index is -0.794. The number of aryl methyl sites for hydroxylation is 1. The molecule has 1 aliphatic rings. The van der Waals surface area contributed by atoms with Crippen LogP contribution >= 0.6 is 11.3 Å². The molecule has 1 amide bonds. The summed E-state index contributed by atoms with van der Waals surface area (Å²) in [7, 11) is 0. The van der Waals surface area contributed by atoms with Crippen LogP contribution in [0.3, 0.4) is 0 Å². The van der Waals surface area contributed by atoms with Crippen molar-refractivity contribution in [2.75, 3.05) is 18.8 Å². The Labute approximate surface area is 115 Å². The summed E-state index contributed by atoms with van der Waals surface area (Å²) in [6.07, 6.45) is 0.947. The number of hydrogen-bond donors (Lipinski definition) is 2. The Morgan fingerprint density at radius 3 is 2.42 bits per heavy atom. The van der Waals surface area contributed by atoms with E-state index in [9.17, 15) is 9.59 Å². The fourth-order valence-electron chi connectivity index (χ4n) is 2.18. The molecule has 104 valence electrons. The lowest BCUT2D eigenvalue weighted by Crippen LogP contribution is -2.45. The summed E-state index contributed by atoms with van der Waals surface area (Å²) < 4.78 is 0. The molecule has 0 saturated carbocycles. The van der Waals surface area contributed by atoms with Gasteiger partial charge in [0.15, 0.2) is 5.13 Å². The van der Waals surface area contributed by atoms with E-state index in [1.165, 1.54) is 11.3 Å². The third kappa shape index (κ3) is 2.56. The van der Waals surface area contributed by atoms with Gasteiger partial charge >= 0.3 is 5.97 Å². The molecule has 1 saturated heterocycles. The van der Waals surface area contributed by atoms with E-state index in [-0.39, 0.29) is 5.91 Å². The van der Waals surface area contributed by atoms with Crippen molar-refractivity contribution in [2.45, 2.75) is 26.7 Å². The first-order valence-corrected chi connectivity index (χ1v) is 6.91. The van der Waals surface area contributed by atoms with Crippen LogP contribution in [0.4, 0.5) is 5.13 Å². The van der Waals surface area contributed by atoms with Gasteiger partial charge in [0.1, 0.15) is 4.88 Å². The number of carbonyl (C=O) groups excluding carboxylic acids is 1. The lowest BCUT2D eigenvalue weighted by atomic mass is 9.80. The maximum absolute atomic E-state index is 12.3. The summed E-state index contributed by atoms with van der Waals surface area (Å²) in [5, 5.41) is 9.54. The zero-order chi connectivity index (χ0) is 14.2. The summed E-state index contributed by atoms with van der Waals surface area (Å²) in [5.41, 5.74) is 5.50. The molecule has 0 aliphatic carbocycles. The Balaban J connectivity index is 2.08. The summed E-state index contributed by atoms with van der Waals surface area (Å²) in [6.45, 7) is 4.40. The lowest BCUT2D eigenvalue weighted by molar-refractivity contribution is -0.150. The van der Waals surface area contributed by atoms with E-state index in [2.05, 4.69) is 4.98 Å². The smallest absolute Gasteiger partial charge is 0.309 e. The number of piperidine rings is 1. The number of carboxylic acids is 1. The monoisotopic (exact) mass is 283 g/mol. The van der Waals surface area contributed by atoms with Crippen LogP contribution in [0.25, 0.3) is 0 Å². The van der Waals surface area contributed by atoms with E-state index < -0.39 is 11.4 Å². The molecule has 3 N–H and O–H groups in total. The van der Waals surface area contributed by atoms with Crippen molar-refractivity contribution in [1.82, 2.24) is 9.88 Å². The molecule has 19 heavy (non-hydrogen) atoms. The average Bonchev–Trinajstić information content (AvgIpc) is 2.68. The molecule has 1 aromatic heterocycles. The van der Waals surface area contributed by atoms with Crippen molar-refractivity contribution in [3.63, 3.8) is 0 Å². The van der Waals surface area contributed by atoms with Gasteiger partial charge in [0.2, 0.25) is 0 Å². The number of carboxylic acid groups (broad SMARTS) is 1. The van der Waals surface area contributed by atoms with Gasteiger partial charge in [0, 0.05) is 13.1 Å². The minimum absolute atomic E-state index is 0.0980. The Morgan fingerprint density at radius 2 is 2.00 bits per heavy atom. The van der Waals surface area contributed by atoms with E-state index in [1.807, 2.05) is 0 Å². The second-order valence-electron chi connectivity index (χ2n) is 5.12. The van der Waals surface area contributed by atoms with Gasteiger partial charge in [0.05, 0.1) is 11.1 Å². The summed E-state index contributed by atoms with van der Waals surface area (Å²) >= 11 is 1.18. The summed E-state index contributed by atoms with van der Waals surface area (Å²) in [6, 6.07) is 0. The molecule has 0 unspecified atom stereocenters. The van der Waals surface area contributed by atoms with Crippen molar-refractivity contribution in [3.8, 4) is 0 Å². The fraction of sp³-hybridized carbons (Fsp3) is 0.583. The number of anilines is 1. The number of nitrogens with two attached hydrogens (primary N) is 1. The molecule has 0 bridgehead atoms. The van der Waals surface area contributed by atoms with Crippen LogP contribution in [-0.4, -0.2) is 40.0 Å². The Hall–Kier alpha value is -1.63. The number of rotatable bonds is 2. The van der Waals surface area contributed by atoms with E-state index in [1.54, 1.807) is 18.7 Å². The maximum atomic E-state index is 12.3. The molecule has 0 radical (unpaired) electrons. The van der Waals surface area contributed by atoms with Crippen LogP contribution in [-0.2, 0) is 4.79 Å². The largest absolute Gasteiger partial charge is 0.481 e. The topological polar surface area (TPSA) is 96.5 Å². The van der Waals surface area contributed by atoms with E-state index in [4.69, 9.17) is 10.8 Å². The van der Waals surface area contributed by atoms with Crippen LogP contribution in [0.5, 0.6) is 0 Å². The van der Waals surface area contributed by atoms with Crippen LogP contribution in [0.15, 0.2) is 0 Å². The normalized spacial score (nSPS) is 18.3. The fourth-order valence-corrected chi connectivity index (χ4v) is 2.98. The quantitative estimate of drug-likeness (QED) is 0.854. The van der Waals surface area contributed by atoms with Gasteiger partial charge in [-0.2, -0.15) is 0 Å². The zero-order valence-corrected chi connectivity index (χ0v) is 11.8. The van der Waals surface area contributed by atoms with Crippen LogP contribution in [0.2, 0.25) is 0 Å². The van der Waals surface area contributed by atoms with Gasteiger partial charge in [-0.25, -0.2) is 4.98 Å². The van der Waals surface area contributed by atoms with Crippen molar-refractivity contribution in [1.29, 1.82) is 0 Å². The highest BCUT2D eigenvalue weighted by atomic mass is 32.1. The molecule has 6 nitrogen and oxygen atoms in total. The van der Waals surface area contributed by atoms with E-state index >= 15 is 0 Å². The molecule has 0 atom stereocenters. The SMILES string of the molecule is Cc1nc(N)sc1C(=O)N1CCC(C)(C(=O)O)CC1. The third-order valence-electron chi connectivity index (χ3n) is 3.68.